The molecule has 1 amide bonds. The highest BCUT2D eigenvalue weighted by Gasteiger charge is 2.08. The van der Waals surface area contributed by atoms with Gasteiger partial charge in [-0.1, -0.05) is 0 Å². The fourth-order valence-electron chi connectivity index (χ4n) is 0.604. The first-order valence-corrected chi connectivity index (χ1v) is 4.74. The minimum atomic E-state index is -0.294. The summed E-state index contributed by atoms with van der Waals surface area (Å²) in [6.45, 7) is 0.620. The molecule has 1 rings (SSSR count). The molecule has 0 saturated carbocycles. The maximum Gasteiger partial charge on any atom is 0.292 e. The van der Waals surface area contributed by atoms with Gasteiger partial charge in [-0.2, -0.15) is 17.0 Å². The van der Waals surface area contributed by atoms with Gasteiger partial charge in [0.1, 0.15) is 0 Å². The third kappa shape index (κ3) is 2.50. The van der Waals surface area contributed by atoms with Gasteiger partial charge in [-0.15, -0.1) is 10.2 Å². The normalized spacial score (nSPS) is 9.75. The molecule has 0 saturated heterocycles. The molecule has 0 atom stereocenters. The Labute approximate surface area is 73.5 Å². The minimum absolute atomic E-state index is 0.0797. The molecule has 7 heteroatoms. The topological polar surface area (TPSA) is 83.6 Å². The Bertz CT molecular complexity index is 236. The lowest BCUT2D eigenvalue weighted by Gasteiger charge is -1.98. The van der Waals surface area contributed by atoms with E-state index in [0.29, 0.717) is 6.54 Å². The van der Waals surface area contributed by atoms with Crippen LogP contribution in [-0.2, 0) is 0 Å². The molecule has 6 nitrogen and oxygen atoms in total. The van der Waals surface area contributed by atoms with Gasteiger partial charge in [0.2, 0.25) is 0 Å². The molecule has 0 spiro atoms. The molecule has 1 aromatic heterocycles. The van der Waals surface area contributed by atoms with Crippen molar-refractivity contribution in [1.29, 1.82) is 0 Å². The Morgan fingerprint density at radius 2 is 2.58 bits per heavy atom. The second kappa shape index (κ2) is 4.70. The molecule has 0 aliphatic rings. The van der Waals surface area contributed by atoms with E-state index in [1.54, 1.807) is 11.8 Å². The summed E-state index contributed by atoms with van der Waals surface area (Å²) in [6.07, 6.45) is 1.97. The third-order valence-electron chi connectivity index (χ3n) is 1.14. The van der Waals surface area contributed by atoms with Crippen LogP contribution >= 0.6 is 11.8 Å². The number of hydrogen-bond acceptors (Lipinski definition) is 5. The van der Waals surface area contributed by atoms with Gasteiger partial charge in [0, 0.05) is 12.3 Å². The van der Waals surface area contributed by atoms with E-state index in [-0.39, 0.29) is 11.7 Å². The van der Waals surface area contributed by atoms with E-state index in [9.17, 15) is 4.79 Å². The second-order valence-corrected chi connectivity index (χ2v) is 2.97. The monoisotopic (exact) mass is 187 g/mol. The number of nitrogens with one attached hydrogen (secondary N) is 2. The zero-order valence-electron chi connectivity index (χ0n) is 6.57. The van der Waals surface area contributed by atoms with Crippen LogP contribution in [-0.4, -0.2) is 45.1 Å². The van der Waals surface area contributed by atoms with E-state index < -0.39 is 0 Å². The Kier molecular flexibility index (Phi) is 3.52. The predicted octanol–water partition coefficient (Wildman–Crippen LogP) is -0.708. The van der Waals surface area contributed by atoms with E-state index in [2.05, 4.69) is 25.9 Å². The SMILES string of the molecule is CSCCNC(=O)c1nn[nH]n1. The lowest BCUT2D eigenvalue weighted by Crippen LogP contribution is -2.26. The number of nitrogens with zero attached hydrogens (tertiary/aromatic N) is 3. The highest BCUT2D eigenvalue weighted by molar-refractivity contribution is 7.98. The number of tetrazole rings is 1. The summed E-state index contributed by atoms with van der Waals surface area (Å²) in [5.41, 5.74) is 0. The summed E-state index contributed by atoms with van der Waals surface area (Å²) >= 11 is 1.66. The van der Waals surface area contributed by atoms with Gasteiger partial charge in [0.15, 0.2) is 0 Å². The van der Waals surface area contributed by atoms with Crippen molar-refractivity contribution >= 4 is 17.7 Å². The van der Waals surface area contributed by atoms with E-state index >= 15 is 0 Å². The number of aromatic nitrogens is 4. The smallest absolute Gasteiger partial charge is 0.292 e. The molecule has 1 aromatic rings. The van der Waals surface area contributed by atoms with Gasteiger partial charge < -0.3 is 5.32 Å². The summed E-state index contributed by atoms with van der Waals surface area (Å²) < 4.78 is 0. The molecule has 66 valence electrons. The molecule has 0 aliphatic carbocycles. The average Bonchev–Trinajstić information content (AvgIpc) is 2.56. The van der Waals surface area contributed by atoms with E-state index in [4.69, 9.17) is 0 Å². The molecular formula is C5H9N5OS. The van der Waals surface area contributed by atoms with Crippen molar-refractivity contribution in [2.45, 2.75) is 0 Å². The molecule has 0 aliphatic heterocycles. The molecule has 0 aromatic carbocycles. The van der Waals surface area contributed by atoms with Gasteiger partial charge in [-0.05, 0) is 11.5 Å². The zero-order chi connectivity index (χ0) is 8.81. The van der Waals surface area contributed by atoms with Crippen LogP contribution in [0.25, 0.3) is 0 Å². The number of carbonyl (C=O) groups excluding carboxylic acids is 1. The van der Waals surface area contributed by atoms with E-state index in [0.717, 1.165) is 5.75 Å². The summed E-state index contributed by atoms with van der Waals surface area (Å²) in [4.78, 5) is 11.1. The fraction of sp³-hybridized carbons (Fsp3) is 0.600. The molecule has 0 fully saturated rings. The summed E-state index contributed by atoms with van der Waals surface area (Å²) in [6, 6.07) is 0. The van der Waals surface area contributed by atoms with Gasteiger partial charge in [0.05, 0.1) is 0 Å². The minimum Gasteiger partial charge on any atom is -0.348 e. The standard InChI is InChI=1S/C5H9N5OS/c1-12-3-2-6-5(11)4-7-9-10-8-4/h2-3H2,1H3,(H,6,11)(H,7,8,9,10). The number of carbonyl (C=O) groups is 1. The molecule has 0 bridgehead atoms. The van der Waals surface area contributed by atoms with Crippen molar-refractivity contribution in [2.75, 3.05) is 18.6 Å². The Morgan fingerprint density at radius 1 is 1.75 bits per heavy atom. The summed E-state index contributed by atoms with van der Waals surface area (Å²) in [7, 11) is 0. The number of H-pyrrole nitrogens is 1. The second-order valence-electron chi connectivity index (χ2n) is 1.98. The first kappa shape index (κ1) is 8.98. The van der Waals surface area contributed by atoms with Crippen LogP contribution in [0.4, 0.5) is 0 Å². The third-order valence-corrected chi connectivity index (χ3v) is 1.75. The fourth-order valence-corrected chi connectivity index (χ4v) is 0.910. The van der Waals surface area contributed by atoms with E-state index in [1.165, 1.54) is 0 Å². The number of thioether (sulfide) groups is 1. The van der Waals surface area contributed by atoms with Crippen molar-refractivity contribution in [3.05, 3.63) is 5.82 Å². The first-order chi connectivity index (χ1) is 5.84. The van der Waals surface area contributed by atoms with Gasteiger partial charge in [-0.3, -0.25) is 4.79 Å². The van der Waals surface area contributed by atoms with Crippen molar-refractivity contribution in [3.63, 3.8) is 0 Å². The van der Waals surface area contributed by atoms with Crippen molar-refractivity contribution in [3.8, 4) is 0 Å². The van der Waals surface area contributed by atoms with Crippen LogP contribution < -0.4 is 5.32 Å². The van der Waals surface area contributed by atoms with Gasteiger partial charge >= 0.3 is 0 Å². The molecule has 12 heavy (non-hydrogen) atoms. The maximum absolute atomic E-state index is 11.1. The van der Waals surface area contributed by atoms with Crippen molar-refractivity contribution in [2.24, 2.45) is 0 Å². The number of amides is 1. The highest BCUT2D eigenvalue weighted by Crippen LogP contribution is 1.88. The molecule has 0 radical (unpaired) electrons. The predicted molar refractivity (Wildman–Crippen MR) is 44.9 cm³/mol. The molecular weight excluding hydrogens is 178 g/mol. The Morgan fingerprint density at radius 3 is 3.17 bits per heavy atom. The summed E-state index contributed by atoms with van der Waals surface area (Å²) in [5.74, 6) is 0.665. The maximum atomic E-state index is 11.1. The zero-order valence-corrected chi connectivity index (χ0v) is 7.39. The first-order valence-electron chi connectivity index (χ1n) is 3.35. The van der Waals surface area contributed by atoms with Crippen LogP contribution in [0, 0.1) is 0 Å². The average molecular weight is 187 g/mol. The Balaban J connectivity index is 2.30. The highest BCUT2D eigenvalue weighted by atomic mass is 32.2. The van der Waals surface area contributed by atoms with Gasteiger partial charge in [-0.25, -0.2) is 0 Å². The Hall–Kier alpha value is -1.11. The van der Waals surface area contributed by atoms with Crippen LogP contribution in [0.3, 0.4) is 0 Å². The lowest BCUT2D eigenvalue weighted by molar-refractivity contribution is 0.0946. The molecule has 0 unspecified atom stereocenters. The number of rotatable bonds is 4. The van der Waals surface area contributed by atoms with Crippen LogP contribution in [0.5, 0.6) is 0 Å². The summed E-state index contributed by atoms with van der Waals surface area (Å²) in [5, 5.41) is 15.2. The number of hydrogen-bond donors (Lipinski definition) is 2. The van der Waals surface area contributed by atoms with Crippen molar-refractivity contribution in [1.82, 2.24) is 25.9 Å². The van der Waals surface area contributed by atoms with Crippen LogP contribution in [0.2, 0.25) is 0 Å². The van der Waals surface area contributed by atoms with Crippen LogP contribution in [0.15, 0.2) is 0 Å². The van der Waals surface area contributed by atoms with Crippen molar-refractivity contribution < 1.29 is 4.79 Å². The molecule has 1 heterocycles. The quantitative estimate of drug-likeness (QED) is 0.608. The lowest BCUT2D eigenvalue weighted by atomic mass is 10.5. The van der Waals surface area contributed by atoms with Gasteiger partial charge in [0.25, 0.3) is 11.7 Å². The molecule has 2 N–H and O–H groups in total. The largest absolute Gasteiger partial charge is 0.348 e. The van der Waals surface area contributed by atoms with Crippen LogP contribution in [0.1, 0.15) is 10.6 Å². The number of aromatic amines is 1. The van der Waals surface area contributed by atoms with E-state index in [1.807, 2.05) is 6.26 Å².